The van der Waals surface area contributed by atoms with Crippen LogP contribution in [-0.2, 0) is 22.4 Å². The number of morpholine rings is 1. The number of carbonyl (C=O) groups excluding carboxylic acids is 1. The lowest BCUT2D eigenvalue weighted by atomic mass is 10.1. The van der Waals surface area contributed by atoms with Crippen molar-refractivity contribution in [2.45, 2.75) is 52.6 Å². The Labute approximate surface area is 153 Å². The van der Waals surface area contributed by atoms with Crippen LogP contribution in [0.5, 0.6) is 0 Å². The zero-order chi connectivity index (χ0) is 18.5. The van der Waals surface area contributed by atoms with Gasteiger partial charge in [0.15, 0.2) is 0 Å². The predicted molar refractivity (Wildman–Crippen MR) is 95.7 cm³/mol. The first-order chi connectivity index (χ1) is 12.5. The van der Waals surface area contributed by atoms with Crippen LogP contribution in [0.25, 0.3) is 0 Å². The van der Waals surface area contributed by atoms with Crippen molar-refractivity contribution >= 4 is 5.91 Å². The molecule has 2 aromatic heterocycles. The van der Waals surface area contributed by atoms with Crippen LogP contribution in [0.15, 0.2) is 16.9 Å². The Morgan fingerprint density at radius 3 is 2.85 bits per heavy atom. The molecule has 7 nitrogen and oxygen atoms in total. The molecule has 0 aliphatic carbocycles. The zero-order valence-electron chi connectivity index (χ0n) is 15.7. The summed E-state index contributed by atoms with van der Waals surface area (Å²) >= 11 is 0. The smallest absolute Gasteiger partial charge is 0.223 e. The van der Waals surface area contributed by atoms with Crippen molar-refractivity contribution < 1.29 is 14.1 Å². The summed E-state index contributed by atoms with van der Waals surface area (Å²) in [4.78, 5) is 22.9. The molecule has 0 spiro atoms. The van der Waals surface area contributed by atoms with Gasteiger partial charge in [-0.15, -0.1) is 0 Å². The minimum atomic E-state index is 0.0574. The normalized spacial score (nSPS) is 17.5. The second kappa shape index (κ2) is 8.40. The Hall–Kier alpha value is -2.28. The summed E-state index contributed by atoms with van der Waals surface area (Å²) < 4.78 is 11.0. The maximum Gasteiger partial charge on any atom is 0.223 e. The Bertz CT molecular complexity index is 739. The fourth-order valence-electron chi connectivity index (χ4n) is 3.32. The van der Waals surface area contributed by atoms with Crippen molar-refractivity contribution in [1.82, 2.24) is 20.0 Å². The van der Waals surface area contributed by atoms with Gasteiger partial charge in [0.05, 0.1) is 18.4 Å². The predicted octanol–water partition coefficient (Wildman–Crippen LogP) is 2.18. The van der Waals surface area contributed by atoms with Gasteiger partial charge in [0.1, 0.15) is 12.1 Å². The number of hydrogen-bond acceptors (Lipinski definition) is 6. The number of rotatable bonds is 6. The van der Waals surface area contributed by atoms with Crippen molar-refractivity contribution in [3.63, 3.8) is 0 Å². The molecule has 0 bridgehead atoms. The topological polar surface area (TPSA) is 81.4 Å². The van der Waals surface area contributed by atoms with Crippen LogP contribution in [0.1, 0.15) is 41.2 Å². The van der Waals surface area contributed by atoms with E-state index in [1.165, 1.54) is 0 Å². The number of hydrogen-bond donors (Lipinski definition) is 0. The highest BCUT2D eigenvalue weighted by atomic mass is 16.5. The highest BCUT2D eigenvalue weighted by Gasteiger charge is 2.24. The van der Waals surface area contributed by atoms with E-state index in [-0.39, 0.29) is 12.0 Å². The molecule has 1 saturated heterocycles. The number of ether oxygens (including phenoxy) is 1. The standard InChI is InChI=1S/C19H26N4O3/c1-13-10-16(21-12-20-13)4-5-17-11-23(8-9-25-17)19(24)7-6-18-14(2)22-26-15(18)3/h10,12,17H,4-9,11H2,1-3H3/t17-/m1/s1. The van der Waals surface area contributed by atoms with Crippen molar-refractivity contribution in [2.75, 3.05) is 19.7 Å². The Morgan fingerprint density at radius 2 is 2.12 bits per heavy atom. The first-order valence-electron chi connectivity index (χ1n) is 9.11. The number of carbonyl (C=O) groups is 1. The number of aryl methyl sites for hydroxylation is 4. The largest absolute Gasteiger partial charge is 0.375 e. The molecule has 1 amide bonds. The van der Waals surface area contributed by atoms with E-state index in [0.29, 0.717) is 32.5 Å². The Kier molecular flexibility index (Phi) is 5.98. The Morgan fingerprint density at radius 1 is 1.27 bits per heavy atom. The quantitative estimate of drug-likeness (QED) is 0.787. The number of nitrogens with zero attached hydrogens (tertiary/aromatic N) is 4. The highest BCUT2D eigenvalue weighted by molar-refractivity contribution is 5.76. The molecule has 0 radical (unpaired) electrons. The van der Waals surface area contributed by atoms with Crippen molar-refractivity contribution in [2.24, 2.45) is 0 Å². The lowest BCUT2D eigenvalue weighted by molar-refractivity contribution is -0.138. The van der Waals surface area contributed by atoms with Crippen LogP contribution in [-0.4, -0.2) is 51.7 Å². The van der Waals surface area contributed by atoms with Gasteiger partial charge in [0, 0.05) is 36.5 Å². The summed E-state index contributed by atoms with van der Waals surface area (Å²) in [6.07, 6.45) is 4.47. The molecule has 3 heterocycles. The summed E-state index contributed by atoms with van der Waals surface area (Å²) in [5.74, 6) is 0.964. The number of aromatic nitrogens is 3. The van der Waals surface area contributed by atoms with E-state index in [1.54, 1.807) is 6.33 Å². The molecule has 2 aromatic rings. The van der Waals surface area contributed by atoms with Crippen LogP contribution in [0, 0.1) is 20.8 Å². The average Bonchev–Trinajstić information content (AvgIpc) is 2.96. The van der Waals surface area contributed by atoms with Crippen LogP contribution in [0.4, 0.5) is 0 Å². The van der Waals surface area contributed by atoms with E-state index in [4.69, 9.17) is 9.26 Å². The number of amides is 1. The summed E-state index contributed by atoms with van der Waals surface area (Å²) in [5, 5.41) is 3.95. The molecule has 1 aliphatic heterocycles. The van der Waals surface area contributed by atoms with Gasteiger partial charge in [0.2, 0.25) is 5.91 Å². The van der Waals surface area contributed by atoms with E-state index in [9.17, 15) is 4.79 Å². The summed E-state index contributed by atoms with van der Waals surface area (Å²) in [6.45, 7) is 7.65. The lowest BCUT2D eigenvalue weighted by Crippen LogP contribution is -2.45. The van der Waals surface area contributed by atoms with Crippen molar-refractivity contribution in [3.8, 4) is 0 Å². The van der Waals surface area contributed by atoms with Crippen LogP contribution >= 0.6 is 0 Å². The van der Waals surface area contributed by atoms with Gasteiger partial charge in [0.25, 0.3) is 0 Å². The molecule has 1 atom stereocenters. The molecule has 0 aromatic carbocycles. The maximum atomic E-state index is 12.6. The lowest BCUT2D eigenvalue weighted by Gasteiger charge is -2.33. The first kappa shape index (κ1) is 18.5. The van der Waals surface area contributed by atoms with Gasteiger partial charge < -0.3 is 14.2 Å². The minimum absolute atomic E-state index is 0.0574. The molecule has 140 valence electrons. The van der Waals surface area contributed by atoms with Gasteiger partial charge in [-0.25, -0.2) is 9.97 Å². The van der Waals surface area contributed by atoms with Crippen molar-refractivity contribution in [3.05, 3.63) is 40.8 Å². The second-order valence-electron chi connectivity index (χ2n) is 6.82. The molecule has 7 heteroatoms. The third-order valence-corrected chi connectivity index (χ3v) is 4.84. The third kappa shape index (κ3) is 4.66. The molecule has 0 unspecified atom stereocenters. The average molecular weight is 358 g/mol. The fraction of sp³-hybridized carbons (Fsp3) is 0.579. The highest BCUT2D eigenvalue weighted by Crippen LogP contribution is 2.17. The third-order valence-electron chi connectivity index (χ3n) is 4.84. The summed E-state index contributed by atoms with van der Waals surface area (Å²) in [5.41, 5.74) is 3.90. The Balaban J connectivity index is 1.48. The van der Waals surface area contributed by atoms with Gasteiger partial charge in [-0.2, -0.15) is 0 Å². The molecule has 1 fully saturated rings. The molecule has 26 heavy (non-hydrogen) atoms. The van der Waals surface area contributed by atoms with Crippen LogP contribution in [0.2, 0.25) is 0 Å². The van der Waals surface area contributed by atoms with E-state index in [2.05, 4.69) is 15.1 Å². The summed E-state index contributed by atoms with van der Waals surface area (Å²) in [7, 11) is 0. The van der Waals surface area contributed by atoms with E-state index >= 15 is 0 Å². The SMILES string of the molecule is Cc1cc(CC[C@@H]2CN(C(=O)CCc3c(C)noc3C)CCO2)ncn1. The second-order valence-corrected chi connectivity index (χ2v) is 6.82. The van der Waals surface area contributed by atoms with E-state index in [0.717, 1.165) is 41.2 Å². The van der Waals surface area contributed by atoms with Gasteiger partial charge in [-0.3, -0.25) is 4.79 Å². The summed E-state index contributed by atoms with van der Waals surface area (Å²) in [6, 6.07) is 2.00. The molecule has 3 rings (SSSR count). The molecule has 0 N–H and O–H groups in total. The van der Waals surface area contributed by atoms with Gasteiger partial charge >= 0.3 is 0 Å². The van der Waals surface area contributed by atoms with Crippen LogP contribution < -0.4 is 0 Å². The van der Waals surface area contributed by atoms with Gasteiger partial charge in [-0.05, 0) is 46.1 Å². The zero-order valence-corrected chi connectivity index (χ0v) is 15.7. The van der Waals surface area contributed by atoms with Crippen molar-refractivity contribution in [1.29, 1.82) is 0 Å². The molecular weight excluding hydrogens is 332 g/mol. The minimum Gasteiger partial charge on any atom is -0.375 e. The first-order valence-corrected chi connectivity index (χ1v) is 9.11. The van der Waals surface area contributed by atoms with Gasteiger partial charge in [-0.1, -0.05) is 5.16 Å². The fourth-order valence-corrected chi connectivity index (χ4v) is 3.32. The van der Waals surface area contributed by atoms with E-state index in [1.807, 2.05) is 31.7 Å². The van der Waals surface area contributed by atoms with Crippen LogP contribution in [0.3, 0.4) is 0 Å². The monoisotopic (exact) mass is 358 g/mol. The molecular formula is C19H26N4O3. The molecule has 1 aliphatic rings. The van der Waals surface area contributed by atoms with E-state index < -0.39 is 0 Å². The maximum absolute atomic E-state index is 12.6. The molecule has 0 saturated carbocycles.